The zero-order chi connectivity index (χ0) is 26.1. The minimum absolute atomic E-state index is 0.0134. The van der Waals surface area contributed by atoms with Gasteiger partial charge in [0.25, 0.3) is 15.9 Å². The number of rotatable bonds is 7. The van der Waals surface area contributed by atoms with E-state index in [0.717, 1.165) is 0 Å². The van der Waals surface area contributed by atoms with Crippen LogP contribution in [0.5, 0.6) is 11.6 Å². The van der Waals surface area contributed by atoms with Gasteiger partial charge in [-0.3, -0.25) is 10.1 Å². The maximum Gasteiger partial charge on any atom is 0.406 e. The first-order valence-electron chi connectivity index (χ1n) is 10.6. The lowest BCUT2D eigenvalue weighted by Crippen LogP contribution is -2.54. The van der Waals surface area contributed by atoms with Crippen molar-refractivity contribution in [3.63, 3.8) is 0 Å². The van der Waals surface area contributed by atoms with Crippen molar-refractivity contribution < 1.29 is 32.6 Å². The van der Waals surface area contributed by atoms with E-state index in [1.807, 2.05) is 6.07 Å². The Labute approximate surface area is 206 Å². The highest BCUT2D eigenvalue weighted by Gasteiger charge is 2.59. The Kier molecular flexibility index (Phi) is 6.26. The first-order chi connectivity index (χ1) is 17.2. The number of fused-ring (bicyclic) bond motifs is 1. The van der Waals surface area contributed by atoms with Gasteiger partial charge in [-0.2, -0.15) is 9.57 Å². The Morgan fingerprint density at radius 3 is 2.61 bits per heavy atom. The monoisotopic (exact) mass is 508 g/mol. The van der Waals surface area contributed by atoms with Crippen LogP contribution in [-0.4, -0.2) is 44.2 Å². The molecule has 1 atom stereocenters. The zero-order valence-electron chi connectivity index (χ0n) is 19.1. The Hall–Kier alpha value is -4.63. The third kappa shape index (κ3) is 3.66. The fraction of sp³-hybridized carbons (Fsp3) is 0.167. The van der Waals surface area contributed by atoms with Crippen molar-refractivity contribution in [1.82, 2.24) is 10.3 Å². The second-order valence-corrected chi connectivity index (χ2v) is 9.29. The molecule has 0 spiro atoms. The van der Waals surface area contributed by atoms with Gasteiger partial charge in [-0.25, -0.2) is 18.2 Å². The van der Waals surface area contributed by atoms with Gasteiger partial charge in [0.15, 0.2) is 5.54 Å². The van der Waals surface area contributed by atoms with Crippen LogP contribution in [0, 0.1) is 11.3 Å². The lowest BCUT2D eigenvalue weighted by Gasteiger charge is -2.30. The summed E-state index contributed by atoms with van der Waals surface area (Å²) >= 11 is 0. The maximum atomic E-state index is 14.2. The van der Waals surface area contributed by atoms with Gasteiger partial charge in [0.05, 0.1) is 36.6 Å². The molecule has 0 fully saturated rings. The molecule has 0 radical (unpaired) electrons. The molecule has 1 aliphatic heterocycles. The second-order valence-electron chi connectivity index (χ2n) is 7.54. The number of benzene rings is 2. The number of nitrogens with zero attached hydrogens (tertiary/aromatic N) is 3. The van der Waals surface area contributed by atoms with Crippen LogP contribution >= 0.6 is 0 Å². The summed E-state index contributed by atoms with van der Waals surface area (Å²) in [5, 5.41) is 21.5. The van der Waals surface area contributed by atoms with Gasteiger partial charge in [0, 0.05) is 11.8 Å². The summed E-state index contributed by atoms with van der Waals surface area (Å²) in [6, 6.07) is 14.4. The van der Waals surface area contributed by atoms with E-state index in [9.17, 15) is 28.4 Å². The molecule has 0 saturated carbocycles. The number of carboxylic acid groups (broad SMARTS) is 1. The number of pyridine rings is 1. The number of hydrogen-bond donors (Lipinski definition) is 2. The van der Waals surface area contributed by atoms with E-state index in [-0.39, 0.29) is 45.5 Å². The van der Waals surface area contributed by atoms with E-state index in [2.05, 4.69) is 10.3 Å². The van der Waals surface area contributed by atoms with Crippen molar-refractivity contribution in [2.24, 2.45) is 0 Å². The first-order valence-corrected chi connectivity index (χ1v) is 12.0. The van der Waals surface area contributed by atoms with Crippen molar-refractivity contribution in [3.05, 3.63) is 77.5 Å². The third-order valence-corrected chi connectivity index (χ3v) is 7.33. The van der Waals surface area contributed by atoms with Gasteiger partial charge in [0.2, 0.25) is 5.88 Å². The van der Waals surface area contributed by atoms with Crippen molar-refractivity contribution in [2.75, 3.05) is 18.0 Å². The number of ether oxygens (including phenoxy) is 2. The number of carbonyl (C=O) groups is 2. The summed E-state index contributed by atoms with van der Waals surface area (Å²) < 4.78 is 39.1. The highest BCUT2D eigenvalue weighted by atomic mass is 32.2. The van der Waals surface area contributed by atoms with Crippen LogP contribution in [0.1, 0.15) is 23.6 Å². The van der Waals surface area contributed by atoms with Crippen LogP contribution < -0.4 is 19.1 Å². The molecule has 2 amide bonds. The van der Waals surface area contributed by atoms with Crippen LogP contribution in [0.2, 0.25) is 0 Å². The number of amides is 2. The minimum atomic E-state index is -4.62. The third-order valence-electron chi connectivity index (χ3n) is 5.59. The molecule has 0 saturated heterocycles. The number of carbonyl (C=O) groups excluding carboxylic acids is 1. The summed E-state index contributed by atoms with van der Waals surface area (Å²) in [4.78, 5) is 30.1. The maximum absolute atomic E-state index is 14.2. The zero-order valence-corrected chi connectivity index (χ0v) is 19.9. The molecule has 1 unspecified atom stereocenters. The second kappa shape index (κ2) is 9.20. The number of hydrogen-bond acceptors (Lipinski definition) is 8. The van der Waals surface area contributed by atoms with E-state index < -0.39 is 27.6 Å². The number of para-hydroxylation sites is 1. The Balaban J connectivity index is 2.10. The molecule has 184 valence electrons. The van der Waals surface area contributed by atoms with E-state index in [0.29, 0.717) is 4.31 Å². The Bertz CT molecular complexity index is 1520. The molecular weight excluding hydrogens is 488 g/mol. The molecule has 3 aromatic rings. The smallest absolute Gasteiger partial charge is 0.406 e. The average Bonchev–Trinajstić information content (AvgIpc) is 3.12. The molecule has 4 rings (SSSR count). The number of methoxy groups -OCH3 is 1. The molecule has 0 aliphatic carbocycles. The molecular formula is C24H20N4O7S. The fourth-order valence-corrected chi connectivity index (χ4v) is 5.79. The van der Waals surface area contributed by atoms with E-state index in [4.69, 9.17) is 9.47 Å². The van der Waals surface area contributed by atoms with Crippen LogP contribution in [-0.2, 0) is 20.4 Å². The van der Waals surface area contributed by atoms with Crippen LogP contribution in [0.25, 0.3) is 0 Å². The molecule has 2 N–H and O–H groups in total. The number of aromatic nitrogens is 1. The van der Waals surface area contributed by atoms with Gasteiger partial charge < -0.3 is 14.6 Å². The highest BCUT2D eigenvalue weighted by molar-refractivity contribution is 7.93. The van der Waals surface area contributed by atoms with Gasteiger partial charge in [-0.05, 0) is 49.4 Å². The van der Waals surface area contributed by atoms with Crippen LogP contribution in [0.15, 0.2) is 65.7 Å². The SMILES string of the molecule is CCOc1ncccc1C1(NC(=O)O)C(=O)N(S(=O)(=O)c2ccccc2OC)c2ccc(C#N)cc21. The summed E-state index contributed by atoms with van der Waals surface area (Å²) in [6.45, 7) is 1.81. The topological polar surface area (TPSA) is 159 Å². The predicted octanol–water partition coefficient (Wildman–Crippen LogP) is 2.61. The number of anilines is 1. The summed E-state index contributed by atoms with van der Waals surface area (Å²) in [5.74, 6) is -1.23. The number of sulfonamides is 1. The molecule has 2 heterocycles. The van der Waals surface area contributed by atoms with Crippen LogP contribution in [0.4, 0.5) is 10.5 Å². The first kappa shape index (κ1) is 24.5. The molecule has 1 aromatic heterocycles. The minimum Gasteiger partial charge on any atom is -0.495 e. The summed E-state index contributed by atoms with van der Waals surface area (Å²) in [5.41, 5.74) is -2.45. The summed E-state index contributed by atoms with van der Waals surface area (Å²) in [6.07, 6.45) is -0.224. The van der Waals surface area contributed by atoms with Crippen LogP contribution in [0.3, 0.4) is 0 Å². The predicted molar refractivity (Wildman–Crippen MR) is 126 cm³/mol. The highest BCUT2D eigenvalue weighted by Crippen LogP contribution is 2.49. The van der Waals surface area contributed by atoms with Crippen molar-refractivity contribution in [2.45, 2.75) is 17.4 Å². The molecule has 36 heavy (non-hydrogen) atoms. The lowest BCUT2D eigenvalue weighted by atomic mass is 9.83. The molecule has 1 aliphatic rings. The lowest BCUT2D eigenvalue weighted by molar-refractivity contribution is -0.121. The van der Waals surface area contributed by atoms with Gasteiger partial charge in [-0.15, -0.1) is 0 Å². The van der Waals surface area contributed by atoms with Gasteiger partial charge in [0.1, 0.15) is 10.6 Å². The molecule has 11 nitrogen and oxygen atoms in total. The normalized spacial score (nSPS) is 16.7. The van der Waals surface area contributed by atoms with E-state index in [1.54, 1.807) is 13.0 Å². The van der Waals surface area contributed by atoms with Gasteiger partial charge in [-0.1, -0.05) is 12.1 Å². The average molecular weight is 509 g/mol. The van der Waals surface area contributed by atoms with E-state index >= 15 is 0 Å². The molecule has 2 aromatic carbocycles. The summed E-state index contributed by atoms with van der Waals surface area (Å²) in [7, 11) is -3.34. The van der Waals surface area contributed by atoms with Crippen molar-refractivity contribution >= 4 is 27.7 Å². The standard InChI is InChI=1S/C24H20N4O7S/c1-3-35-21-16(7-6-12-26-21)24(27-23(30)31)17-13-15(14-25)10-11-18(17)28(22(24)29)36(32,33)20-9-5-4-8-19(20)34-2/h4-13,27H,3H2,1-2H3,(H,30,31). The van der Waals surface area contributed by atoms with Crippen molar-refractivity contribution in [1.29, 1.82) is 5.26 Å². The molecule has 12 heteroatoms. The number of nitriles is 1. The fourth-order valence-electron chi connectivity index (χ4n) is 4.17. The number of nitrogens with one attached hydrogen (secondary N) is 1. The molecule has 0 bridgehead atoms. The Morgan fingerprint density at radius 1 is 1.19 bits per heavy atom. The quantitative estimate of drug-likeness (QED) is 0.489. The van der Waals surface area contributed by atoms with E-state index in [1.165, 1.54) is 61.8 Å². The van der Waals surface area contributed by atoms with Gasteiger partial charge >= 0.3 is 6.09 Å². The van der Waals surface area contributed by atoms with Crippen molar-refractivity contribution in [3.8, 4) is 17.7 Å². The largest absolute Gasteiger partial charge is 0.495 e. The Morgan fingerprint density at radius 2 is 1.94 bits per heavy atom.